The highest BCUT2D eigenvalue weighted by Crippen LogP contribution is 2.30. The van der Waals surface area contributed by atoms with Crippen LogP contribution in [0.25, 0.3) is 0 Å². The zero-order chi connectivity index (χ0) is 17.1. The molecule has 6 nitrogen and oxygen atoms in total. The normalized spacial score (nSPS) is 22.2. The highest BCUT2D eigenvalue weighted by molar-refractivity contribution is 7.90. The molecule has 0 aromatic rings. The van der Waals surface area contributed by atoms with E-state index in [1.807, 2.05) is 6.92 Å². The molecule has 1 saturated heterocycles. The molecule has 1 aliphatic carbocycles. The van der Waals surface area contributed by atoms with Crippen LogP contribution in [0.1, 0.15) is 32.6 Å². The predicted molar refractivity (Wildman–Crippen MR) is 81.4 cm³/mol. The third-order valence-corrected chi connectivity index (χ3v) is 5.61. The van der Waals surface area contributed by atoms with Gasteiger partial charge in [-0.3, -0.25) is 4.99 Å². The third-order valence-electron chi connectivity index (χ3n) is 3.98. The maximum atomic E-state index is 12.5. The minimum absolute atomic E-state index is 0.101. The molecule has 0 aromatic carbocycles. The number of nitrogens with zero attached hydrogens (tertiary/aromatic N) is 2. The van der Waals surface area contributed by atoms with Crippen molar-refractivity contribution >= 4 is 16.0 Å². The molecule has 0 radical (unpaired) electrons. The standard InChI is InChI=1S/C13H23F3N4O2S/c1-2-17-12(19-11-3-4-11)18-9-10-5-7-20(8-6-10)23(21,22)13(14,15)16/h10-11H,2-9H2,1H3,(H2,17,18,19). The van der Waals surface area contributed by atoms with Gasteiger partial charge in [-0.2, -0.15) is 17.5 Å². The number of sulfonamides is 1. The lowest BCUT2D eigenvalue weighted by molar-refractivity contribution is -0.0496. The van der Waals surface area contributed by atoms with Crippen molar-refractivity contribution in [1.29, 1.82) is 0 Å². The van der Waals surface area contributed by atoms with Crippen LogP contribution in [0.2, 0.25) is 0 Å². The first-order valence-electron chi connectivity index (χ1n) is 7.85. The first kappa shape index (κ1) is 18.3. The quantitative estimate of drug-likeness (QED) is 0.575. The molecular weight excluding hydrogens is 333 g/mol. The van der Waals surface area contributed by atoms with Gasteiger partial charge in [-0.1, -0.05) is 0 Å². The smallest absolute Gasteiger partial charge is 0.357 e. The average molecular weight is 356 g/mol. The molecule has 0 aromatic heterocycles. The van der Waals surface area contributed by atoms with E-state index in [9.17, 15) is 21.6 Å². The van der Waals surface area contributed by atoms with E-state index in [-0.39, 0.29) is 19.0 Å². The van der Waals surface area contributed by atoms with E-state index in [4.69, 9.17) is 0 Å². The molecule has 2 aliphatic rings. The molecule has 1 saturated carbocycles. The number of hydrogen-bond donors (Lipinski definition) is 2. The molecule has 2 N–H and O–H groups in total. The Hall–Kier alpha value is -1.03. The van der Waals surface area contributed by atoms with Crippen molar-refractivity contribution in [3.63, 3.8) is 0 Å². The molecule has 1 heterocycles. The number of rotatable bonds is 5. The summed E-state index contributed by atoms with van der Waals surface area (Å²) in [6, 6.07) is 0.464. The first-order valence-corrected chi connectivity index (χ1v) is 9.29. The van der Waals surface area contributed by atoms with E-state index >= 15 is 0 Å². The van der Waals surface area contributed by atoms with Gasteiger partial charge in [-0.25, -0.2) is 8.42 Å². The highest BCUT2D eigenvalue weighted by atomic mass is 32.2. The molecular formula is C13H23F3N4O2S. The van der Waals surface area contributed by atoms with Crippen molar-refractivity contribution in [2.45, 2.75) is 44.2 Å². The maximum absolute atomic E-state index is 12.5. The van der Waals surface area contributed by atoms with Crippen molar-refractivity contribution in [1.82, 2.24) is 14.9 Å². The van der Waals surface area contributed by atoms with Gasteiger partial charge in [0, 0.05) is 32.2 Å². The minimum atomic E-state index is -5.22. The highest BCUT2D eigenvalue weighted by Gasteiger charge is 2.50. The summed E-state index contributed by atoms with van der Waals surface area (Å²) >= 11 is 0. The topological polar surface area (TPSA) is 73.8 Å². The summed E-state index contributed by atoms with van der Waals surface area (Å²) in [4.78, 5) is 4.46. The van der Waals surface area contributed by atoms with Gasteiger partial charge in [-0.15, -0.1) is 0 Å². The Balaban J connectivity index is 1.84. The molecule has 0 amide bonds. The monoisotopic (exact) mass is 356 g/mol. The van der Waals surface area contributed by atoms with E-state index in [1.165, 1.54) is 0 Å². The Labute approximate surface area is 134 Å². The van der Waals surface area contributed by atoms with Crippen LogP contribution in [0.4, 0.5) is 13.2 Å². The van der Waals surface area contributed by atoms with Crippen LogP contribution in [0.15, 0.2) is 4.99 Å². The van der Waals surface area contributed by atoms with Gasteiger partial charge < -0.3 is 10.6 Å². The lowest BCUT2D eigenvalue weighted by Gasteiger charge is -2.30. The summed E-state index contributed by atoms with van der Waals surface area (Å²) in [7, 11) is -5.20. The van der Waals surface area contributed by atoms with Crippen LogP contribution in [-0.4, -0.2) is 56.4 Å². The van der Waals surface area contributed by atoms with Gasteiger partial charge in [0.05, 0.1) is 0 Å². The van der Waals surface area contributed by atoms with Crippen molar-refractivity contribution in [2.24, 2.45) is 10.9 Å². The fourth-order valence-electron chi connectivity index (χ4n) is 2.44. The largest absolute Gasteiger partial charge is 0.511 e. The Kier molecular flexibility index (Phi) is 5.77. The number of piperidine rings is 1. The van der Waals surface area contributed by atoms with Gasteiger partial charge in [-0.05, 0) is 38.5 Å². The number of halogens is 3. The van der Waals surface area contributed by atoms with Gasteiger partial charge >= 0.3 is 15.5 Å². The van der Waals surface area contributed by atoms with Crippen LogP contribution in [0.3, 0.4) is 0 Å². The number of nitrogens with one attached hydrogen (secondary N) is 2. The SMILES string of the molecule is CCNC(=NCC1CCN(S(=O)(=O)C(F)(F)F)CC1)NC1CC1. The van der Waals surface area contributed by atoms with E-state index < -0.39 is 15.5 Å². The van der Waals surface area contributed by atoms with Crippen LogP contribution in [-0.2, 0) is 10.0 Å². The average Bonchev–Trinajstić information content (AvgIpc) is 3.28. The van der Waals surface area contributed by atoms with E-state index in [0.29, 0.717) is 29.7 Å². The minimum Gasteiger partial charge on any atom is -0.357 e. The Morgan fingerprint density at radius 2 is 1.83 bits per heavy atom. The second kappa shape index (κ2) is 7.25. The lowest BCUT2D eigenvalue weighted by Crippen LogP contribution is -2.45. The number of alkyl halides is 3. The molecule has 10 heteroatoms. The molecule has 23 heavy (non-hydrogen) atoms. The lowest BCUT2D eigenvalue weighted by atomic mass is 9.98. The zero-order valence-corrected chi connectivity index (χ0v) is 13.9. The van der Waals surface area contributed by atoms with E-state index in [0.717, 1.165) is 25.3 Å². The summed E-state index contributed by atoms with van der Waals surface area (Å²) in [5, 5.41) is 6.40. The molecule has 0 bridgehead atoms. The molecule has 0 atom stereocenters. The Bertz CT molecular complexity index is 524. The van der Waals surface area contributed by atoms with Crippen LogP contribution >= 0.6 is 0 Å². The number of aliphatic imine (C=N–C) groups is 1. The predicted octanol–water partition coefficient (Wildman–Crippen LogP) is 1.27. The van der Waals surface area contributed by atoms with Crippen LogP contribution in [0, 0.1) is 5.92 Å². The summed E-state index contributed by atoms with van der Waals surface area (Å²) < 4.78 is 60.8. The van der Waals surface area contributed by atoms with Crippen LogP contribution < -0.4 is 10.6 Å². The molecule has 2 fully saturated rings. The first-order chi connectivity index (χ1) is 10.7. The van der Waals surface area contributed by atoms with Gasteiger partial charge in [0.25, 0.3) is 0 Å². The van der Waals surface area contributed by atoms with Crippen LogP contribution in [0.5, 0.6) is 0 Å². The van der Waals surface area contributed by atoms with Gasteiger partial charge in [0.15, 0.2) is 5.96 Å². The van der Waals surface area contributed by atoms with Gasteiger partial charge in [0.1, 0.15) is 0 Å². The molecule has 0 unspecified atom stereocenters. The van der Waals surface area contributed by atoms with Gasteiger partial charge in [0.2, 0.25) is 0 Å². The number of guanidine groups is 1. The number of hydrogen-bond acceptors (Lipinski definition) is 3. The summed E-state index contributed by atoms with van der Waals surface area (Å²) in [5.41, 5.74) is -5.22. The fraction of sp³-hybridized carbons (Fsp3) is 0.923. The second-order valence-corrected chi connectivity index (χ2v) is 7.86. The van der Waals surface area contributed by atoms with E-state index in [2.05, 4.69) is 15.6 Å². The maximum Gasteiger partial charge on any atom is 0.511 e. The summed E-state index contributed by atoms with van der Waals surface area (Å²) in [6.45, 7) is 2.98. The van der Waals surface area contributed by atoms with Crippen molar-refractivity contribution in [2.75, 3.05) is 26.2 Å². The third kappa shape index (κ3) is 4.97. The molecule has 2 rings (SSSR count). The molecule has 134 valence electrons. The van der Waals surface area contributed by atoms with Crippen molar-refractivity contribution in [3.05, 3.63) is 0 Å². The van der Waals surface area contributed by atoms with E-state index in [1.54, 1.807) is 0 Å². The Morgan fingerprint density at radius 1 is 1.22 bits per heavy atom. The summed E-state index contributed by atoms with van der Waals surface area (Å²) in [6.07, 6.45) is 3.03. The molecule has 1 aliphatic heterocycles. The fourth-order valence-corrected chi connectivity index (χ4v) is 3.42. The van der Waals surface area contributed by atoms with Crippen molar-refractivity contribution in [3.8, 4) is 0 Å². The zero-order valence-electron chi connectivity index (χ0n) is 13.1. The van der Waals surface area contributed by atoms with Crippen molar-refractivity contribution < 1.29 is 21.6 Å². The Morgan fingerprint density at radius 3 is 2.30 bits per heavy atom. The second-order valence-electron chi connectivity index (χ2n) is 5.93. The molecule has 0 spiro atoms. The summed E-state index contributed by atoms with van der Waals surface area (Å²) in [5.74, 6) is 0.824.